The summed E-state index contributed by atoms with van der Waals surface area (Å²) < 4.78 is 5.25. The van der Waals surface area contributed by atoms with E-state index in [2.05, 4.69) is 18.7 Å². The van der Waals surface area contributed by atoms with E-state index in [9.17, 15) is 24.6 Å². The van der Waals surface area contributed by atoms with Gasteiger partial charge in [0.05, 0.1) is 23.3 Å². The van der Waals surface area contributed by atoms with Crippen molar-refractivity contribution in [2.75, 3.05) is 26.2 Å². The van der Waals surface area contributed by atoms with Crippen molar-refractivity contribution in [1.82, 2.24) is 4.90 Å². The molecule has 0 spiro atoms. The number of carbonyl (C=O) groups excluding carboxylic acids is 3. The van der Waals surface area contributed by atoms with Gasteiger partial charge in [-0.1, -0.05) is 26.0 Å². The first-order chi connectivity index (χ1) is 13.9. The topological polar surface area (TPSA) is 104 Å². The fourth-order valence-electron chi connectivity index (χ4n) is 3.48. The van der Waals surface area contributed by atoms with Crippen LogP contribution >= 0.6 is 12.4 Å². The molecule has 0 heterocycles. The summed E-state index contributed by atoms with van der Waals surface area (Å²) in [6.45, 7) is 6.94. The molecule has 30 heavy (non-hydrogen) atoms. The van der Waals surface area contributed by atoms with Gasteiger partial charge in [-0.3, -0.25) is 9.59 Å². The molecule has 0 bridgehead atoms. The molecule has 1 aliphatic carbocycles. The van der Waals surface area contributed by atoms with E-state index in [4.69, 9.17) is 4.74 Å². The van der Waals surface area contributed by atoms with Gasteiger partial charge in [0, 0.05) is 17.7 Å². The Bertz CT molecular complexity index is 984. The summed E-state index contributed by atoms with van der Waals surface area (Å²) in [4.78, 5) is 40.1. The number of rotatable bonds is 7. The van der Waals surface area contributed by atoms with Gasteiger partial charge in [0.1, 0.15) is 11.5 Å². The van der Waals surface area contributed by atoms with E-state index in [1.54, 1.807) is 0 Å². The zero-order valence-corrected chi connectivity index (χ0v) is 17.6. The molecule has 0 radical (unpaired) electrons. The minimum absolute atomic E-state index is 0. The van der Waals surface area contributed by atoms with Crippen LogP contribution in [-0.2, 0) is 4.74 Å². The second-order valence-electron chi connectivity index (χ2n) is 6.79. The van der Waals surface area contributed by atoms with Gasteiger partial charge < -0.3 is 19.8 Å². The highest BCUT2D eigenvalue weighted by Crippen LogP contribution is 2.37. The molecular weight excluding hydrogens is 410 g/mol. The van der Waals surface area contributed by atoms with Crippen LogP contribution in [0.15, 0.2) is 30.3 Å². The lowest BCUT2D eigenvalue weighted by molar-refractivity contribution is 0.0488. The van der Waals surface area contributed by atoms with Crippen molar-refractivity contribution in [2.45, 2.75) is 20.3 Å². The molecule has 2 N–H and O–H groups in total. The average molecular weight is 434 g/mol. The first-order valence-electron chi connectivity index (χ1n) is 9.56. The lowest BCUT2D eigenvalue weighted by Crippen LogP contribution is -2.25. The van der Waals surface area contributed by atoms with Crippen LogP contribution in [0.2, 0.25) is 0 Å². The molecule has 0 fully saturated rings. The molecule has 160 valence electrons. The zero-order chi connectivity index (χ0) is 21.1. The maximum atomic E-state index is 12.8. The van der Waals surface area contributed by atoms with Crippen molar-refractivity contribution in [2.24, 2.45) is 0 Å². The molecule has 7 nitrogen and oxygen atoms in total. The Morgan fingerprint density at radius 2 is 1.63 bits per heavy atom. The average Bonchev–Trinajstić information content (AvgIpc) is 2.71. The molecule has 0 aliphatic heterocycles. The predicted molar refractivity (Wildman–Crippen MR) is 113 cm³/mol. The second kappa shape index (κ2) is 9.73. The maximum absolute atomic E-state index is 12.8. The van der Waals surface area contributed by atoms with Crippen molar-refractivity contribution in [3.05, 3.63) is 58.1 Å². The van der Waals surface area contributed by atoms with Crippen molar-refractivity contribution in [3.63, 3.8) is 0 Å². The summed E-state index contributed by atoms with van der Waals surface area (Å²) in [7, 11) is 0. The van der Waals surface area contributed by atoms with Crippen LogP contribution in [0.4, 0.5) is 0 Å². The normalized spacial score (nSPS) is 12.2. The van der Waals surface area contributed by atoms with E-state index in [-0.39, 0.29) is 52.6 Å². The number of carbonyl (C=O) groups is 3. The molecule has 0 saturated carbocycles. The first kappa shape index (κ1) is 23.4. The van der Waals surface area contributed by atoms with Gasteiger partial charge in [-0.05, 0) is 37.7 Å². The number of hydrogen-bond acceptors (Lipinski definition) is 7. The van der Waals surface area contributed by atoms with Gasteiger partial charge in [-0.15, -0.1) is 12.4 Å². The number of fused-ring (bicyclic) bond motifs is 2. The van der Waals surface area contributed by atoms with Crippen molar-refractivity contribution in [3.8, 4) is 11.5 Å². The smallest absolute Gasteiger partial charge is 0.338 e. The molecule has 0 atom stereocenters. The molecule has 8 heteroatoms. The van der Waals surface area contributed by atoms with Gasteiger partial charge in [-0.25, -0.2) is 4.79 Å². The molecule has 0 saturated heterocycles. The third-order valence-electron chi connectivity index (χ3n) is 5.09. The van der Waals surface area contributed by atoms with E-state index >= 15 is 0 Å². The van der Waals surface area contributed by atoms with Crippen LogP contribution in [-0.4, -0.2) is 58.9 Å². The second-order valence-corrected chi connectivity index (χ2v) is 6.79. The molecular formula is C22H24ClNO6. The van der Waals surface area contributed by atoms with E-state index in [1.165, 1.54) is 24.3 Å². The summed E-state index contributed by atoms with van der Waals surface area (Å²) in [5.74, 6) is -2.71. The van der Waals surface area contributed by atoms with Gasteiger partial charge >= 0.3 is 5.97 Å². The van der Waals surface area contributed by atoms with Gasteiger partial charge in [-0.2, -0.15) is 0 Å². The largest absolute Gasteiger partial charge is 0.507 e. The standard InChI is InChI=1S/C22H23NO6.ClH/c1-3-23(4-2)9-6-10-29-22(28)13-11-15-19(17(25)12-13)21(27)18-14(20(15)26)7-5-8-16(18)24;/h5,7-8,11-12,24-25H,3-4,6,9-10H2,1-2H3;1H. The van der Waals surface area contributed by atoms with E-state index in [1.807, 2.05) is 0 Å². The number of esters is 1. The van der Waals surface area contributed by atoms with Crippen LogP contribution in [0.3, 0.4) is 0 Å². The Hall–Kier alpha value is -2.90. The highest BCUT2D eigenvalue weighted by atomic mass is 35.5. The van der Waals surface area contributed by atoms with Crippen LogP contribution < -0.4 is 0 Å². The maximum Gasteiger partial charge on any atom is 0.338 e. The highest BCUT2D eigenvalue weighted by molar-refractivity contribution is 6.30. The summed E-state index contributed by atoms with van der Waals surface area (Å²) in [6, 6.07) is 6.55. The van der Waals surface area contributed by atoms with E-state index in [0.717, 1.165) is 25.7 Å². The number of phenols is 2. The lowest BCUT2D eigenvalue weighted by atomic mass is 9.82. The minimum Gasteiger partial charge on any atom is -0.507 e. The minimum atomic E-state index is -0.676. The number of ether oxygens (including phenoxy) is 1. The Labute approximate surface area is 180 Å². The fourth-order valence-corrected chi connectivity index (χ4v) is 3.48. The molecule has 1 aliphatic rings. The van der Waals surface area contributed by atoms with Gasteiger partial charge in [0.15, 0.2) is 5.78 Å². The number of benzene rings is 2. The predicted octanol–water partition coefficient (Wildman–Crippen LogP) is 3.18. The summed E-state index contributed by atoms with van der Waals surface area (Å²) in [6.07, 6.45) is 0.661. The number of ketones is 2. The SMILES string of the molecule is CCN(CC)CCCOC(=O)c1cc(O)c2c(c1)C(=O)c1cccc(O)c1C2=O.Cl. The third kappa shape index (κ3) is 4.32. The van der Waals surface area contributed by atoms with Crippen molar-refractivity contribution in [1.29, 1.82) is 0 Å². The Balaban J connectivity index is 0.00000320. The van der Waals surface area contributed by atoms with Crippen LogP contribution in [0, 0.1) is 0 Å². The number of aromatic hydroxyl groups is 2. The first-order valence-corrected chi connectivity index (χ1v) is 9.56. The number of phenolic OH excluding ortho intramolecular Hbond substituents is 2. The molecule has 0 amide bonds. The fraction of sp³-hybridized carbons (Fsp3) is 0.318. The third-order valence-corrected chi connectivity index (χ3v) is 5.09. The number of nitrogens with zero attached hydrogens (tertiary/aromatic N) is 1. The summed E-state index contributed by atoms with van der Waals surface area (Å²) in [5.41, 5.74) is -0.419. The van der Waals surface area contributed by atoms with Gasteiger partial charge in [0.25, 0.3) is 0 Å². The molecule has 3 rings (SSSR count). The Morgan fingerprint density at radius 3 is 2.30 bits per heavy atom. The number of halogens is 1. The zero-order valence-electron chi connectivity index (χ0n) is 16.8. The quantitative estimate of drug-likeness (QED) is 0.435. The number of hydrogen-bond donors (Lipinski definition) is 2. The molecule has 2 aromatic rings. The molecule has 0 aromatic heterocycles. The summed E-state index contributed by atoms with van der Waals surface area (Å²) >= 11 is 0. The Morgan fingerprint density at radius 1 is 0.967 bits per heavy atom. The lowest BCUT2D eigenvalue weighted by Gasteiger charge is -2.20. The van der Waals surface area contributed by atoms with Crippen molar-refractivity contribution >= 4 is 29.9 Å². The highest BCUT2D eigenvalue weighted by Gasteiger charge is 2.35. The van der Waals surface area contributed by atoms with E-state index in [0.29, 0.717) is 6.42 Å². The van der Waals surface area contributed by atoms with Gasteiger partial charge in [0.2, 0.25) is 5.78 Å². The molecule has 0 unspecified atom stereocenters. The monoisotopic (exact) mass is 433 g/mol. The Kier molecular flexibility index (Phi) is 7.59. The van der Waals surface area contributed by atoms with Crippen LogP contribution in [0.1, 0.15) is 62.5 Å². The van der Waals surface area contributed by atoms with E-state index < -0.39 is 23.3 Å². The van der Waals surface area contributed by atoms with Crippen LogP contribution in [0.25, 0.3) is 0 Å². The summed E-state index contributed by atoms with van der Waals surface area (Å²) in [5, 5.41) is 20.3. The molecule has 2 aromatic carbocycles. The van der Waals surface area contributed by atoms with Crippen LogP contribution in [0.5, 0.6) is 11.5 Å². The van der Waals surface area contributed by atoms with Crippen molar-refractivity contribution < 1.29 is 29.3 Å².